The molecule has 6 aliphatic rings. The second-order valence-corrected chi connectivity index (χ2v) is 21.0. The summed E-state index contributed by atoms with van der Waals surface area (Å²) in [6.07, 6.45) is 19.6. The van der Waals surface area contributed by atoms with Crippen LogP contribution in [0.1, 0.15) is 145 Å². The maximum atomic E-state index is 3.00. The van der Waals surface area contributed by atoms with Crippen LogP contribution in [0.5, 0.6) is 0 Å². The Morgan fingerprint density at radius 2 is 1.12 bits per heavy atom. The molecule has 1 saturated carbocycles. The van der Waals surface area contributed by atoms with Crippen molar-refractivity contribution in [2.24, 2.45) is 16.2 Å². The molecule has 0 bridgehead atoms. The first-order chi connectivity index (χ1) is 23.1. The minimum atomic E-state index is 0.298. The first-order valence-electron chi connectivity index (χ1n) is 21.5. The molecule has 3 spiro atoms. The molecule has 0 aromatic heterocycles. The van der Waals surface area contributed by atoms with Crippen molar-refractivity contribution in [2.45, 2.75) is 168 Å². The average molecular weight is 683 g/mol. The number of unbranched alkanes of at least 4 members (excludes halogenated alkanes) is 1. The van der Waals surface area contributed by atoms with E-state index in [0.29, 0.717) is 32.9 Å². The summed E-state index contributed by atoms with van der Waals surface area (Å²) in [6.45, 7) is 36.9. The van der Waals surface area contributed by atoms with Crippen molar-refractivity contribution >= 4 is 0 Å². The fourth-order valence-electron chi connectivity index (χ4n) is 12.0. The topological polar surface area (TPSA) is 19.4 Å². The molecule has 0 amide bonds. The molecule has 5 heterocycles. The molecule has 5 saturated heterocycles. The van der Waals surface area contributed by atoms with E-state index in [1.165, 1.54) is 175 Å². The first kappa shape index (κ1) is 38.5. The number of hydrogen-bond donors (Lipinski definition) is 0. The molecule has 0 N–H and O–H groups in total. The molecular formula is C43H82N6. The normalized spacial score (nSPS) is 28.5. The monoisotopic (exact) mass is 683 g/mol. The Hall–Kier alpha value is -0.240. The molecule has 0 aromatic rings. The standard InChI is InChI=1S/C43H82N6/c1-10-23-46(37-31-41(32-37)17-25-47(26-18-41)38(3,4)5)24-13-12-14-40(8,49-29-21-42(22-30-49)33-44(9)34-42)16-15-39(6,7)48-27-19-43(20-28-48)35-45(11-2)36-43/h37H,10-36H2,1-9H3. The highest BCUT2D eigenvalue weighted by Gasteiger charge is 2.50. The average Bonchev–Trinajstić information content (AvgIpc) is 3.02. The Morgan fingerprint density at radius 3 is 1.65 bits per heavy atom. The van der Waals surface area contributed by atoms with Crippen LogP contribution in [0.15, 0.2) is 0 Å². The van der Waals surface area contributed by atoms with Crippen LogP contribution in [0, 0.1) is 16.2 Å². The van der Waals surface area contributed by atoms with E-state index in [2.05, 4.69) is 91.8 Å². The fraction of sp³-hybridized carbons (Fsp3) is 1.00. The van der Waals surface area contributed by atoms with Crippen molar-refractivity contribution in [1.82, 2.24) is 29.4 Å². The summed E-state index contributed by atoms with van der Waals surface area (Å²) >= 11 is 0. The van der Waals surface area contributed by atoms with Crippen LogP contribution < -0.4 is 0 Å². The van der Waals surface area contributed by atoms with Crippen molar-refractivity contribution in [1.29, 1.82) is 0 Å². The van der Waals surface area contributed by atoms with Gasteiger partial charge in [-0.1, -0.05) is 20.3 Å². The van der Waals surface area contributed by atoms with E-state index < -0.39 is 0 Å². The van der Waals surface area contributed by atoms with Crippen molar-refractivity contribution in [3.05, 3.63) is 0 Å². The first-order valence-corrected chi connectivity index (χ1v) is 21.5. The number of piperidine rings is 3. The molecule has 1 unspecified atom stereocenters. The lowest BCUT2D eigenvalue weighted by atomic mass is 9.59. The summed E-state index contributed by atoms with van der Waals surface area (Å²) in [4.78, 5) is 16.8. The van der Waals surface area contributed by atoms with E-state index in [1.54, 1.807) is 0 Å². The maximum Gasteiger partial charge on any atom is 0.0182 e. The lowest BCUT2D eigenvalue weighted by Crippen LogP contribution is -2.62. The van der Waals surface area contributed by atoms with Gasteiger partial charge in [0.2, 0.25) is 0 Å². The molecule has 284 valence electrons. The van der Waals surface area contributed by atoms with Gasteiger partial charge >= 0.3 is 0 Å². The second-order valence-electron chi connectivity index (χ2n) is 21.0. The Morgan fingerprint density at radius 1 is 0.592 bits per heavy atom. The van der Waals surface area contributed by atoms with Crippen molar-refractivity contribution in [2.75, 3.05) is 92.1 Å². The Bertz CT molecular complexity index is 1030. The van der Waals surface area contributed by atoms with Crippen molar-refractivity contribution in [3.63, 3.8) is 0 Å². The van der Waals surface area contributed by atoms with Gasteiger partial charge in [0.15, 0.2) is 0 Å². The molecule has 5 aliphatic heterocycles. The van der Waals surface area contributed by atoms with Gasteiger partial charge in [0.1, 0.15) is 0 Å². The smallest absolute Gasteiger partial charge is 0.0182 e. The quantitative estimate of drug-likeness (QED) is 0.174. The lowest BCUT2D eigenvalue weighted by Gasteiger charge is -2.57. The van der Waals surface area contributed by atoms with Crippen LogP contribution in [0.4, 0.5) is 0 Å². The third-order valence-corrected chi connectivity index (χ3v) is 15.9. The second kappa shape index (κ2) is 14.9. The number of hydrogen-bond acceptors (Lipinski definition) is 6. The summed E-state index contributed by atoms with van der Waals surface area (Å²) in [6, 6.07) is 0.848. The summed E-state index contributed by atoms with van der Waals surface area (Å²) in [5.41, 5.74) is 2.90. The van der Waals surface area contributed by atoms with Gasteiger partial charge in [-0.2, -0.15) is 0 Å². The van der Waals surface area contributed by atoms with Crippen LogP contribution >= 0.6 is 0 Å². The molecule has 6 heteroatoms. The minimum absolute atomic E-state index is 0.298. The van der Waals surface area contributed by atoms with E-state index >= 15 is 0 Å². The SMILES string of the molecule is CCCN(CCCCC(C)(CCC(C)(C)N1CCC2(CC1)CN(CC)C2)N1CCC2(CC1)CN(C)C2)C1CC2(CCN(C(C)(C)C)CC2)C1. The van der Waals surface area contributed by atoms with E-state index in [0.717, 1.165) is 6.04 Å². The molecule has 0 radical (unpaired) electrons. The van der Waals surface area contributed by atoms with Crippen LogP contribution in [0.2, 0.25) is 0 Å². The highest BCUT2D eigenvalue weighted by molar-refractivity contribution is 5.04. The van der Waals surface area contributed by atoms with E-state index in [-0.39, 0.29) is 0 Å². The van der Waals surface area contributed by atoms with Gasteiger partial charge < -0.3 is 14.7 Å². The van der Waals surface area contributed by atoms with Gasteiger partial charge in [-0.25, -0.2) is 0 Å². The van der Waals surface area contributed by atoms with Crippen molar-refractivity contribution in [3.8, 4) is 0 Å². The van der Waals surface area contributed by atoms with Crippen molar-refractivity contribution < 1.29 is 0 Å². The molecule has 6 rings (SSSR count). The Balaban J connectivity index is 1.00. The van der Waals surface area contributed by atoms with Gasteiger partial charge in [-0.05, 0) is 207 Å². The van der Waals surface area contributed by atoms with Gasteiger partial charge in [0, 0.05) is 48.8 Å². The van der Waals surface area contributed by atoms with Crippen LogP contribution in [-0.4, -0.2) is 144 Å². The number of rotatable bonds is 14. The number of likely N-dealkylation sites (tertiary alicyclic amines) is 5. The van der Waals surface area contributed by atoms with Gasteiger partial charge in [-0.3, -0.25) is 14.7 Å². The third-order valence-electron chi connectivity index (χ3n) is 15.9. The van der Waals surface area contributed by atoms with E-state index in [9.17, 15) is 0 Å². The molecule has 0 aromatic carbocycles. The molecular weight excluding hydrogens is 601 g/mol. The predicted molar refractivity (Wildman–Crippen MR) is 210 cm³/mol. The summed E-state index contributed by atoms with van der Waals surface area (Å²) in [7, 11) is 2.32. The molecule has 1 atom stereocenters. The summed E-state index contributed by atoms with van der Waals surface area (Å²) in [5.74, 6) is 0. The third kappa shape index (κ3) is 8.61. The maximum absolute atomic E-state index is 3.00. The van der Waals surface area contributed by atoms with Gasteiger partial charge in [0.05, 0.1) is 0 Å². The highest BCUT2D eigenvalue weighted by atomic mass is 15.3. The summed E-state index contributed by atoms with van der Waals surface area (Å²) < 4.78 is 0. The lowest BCUT2D eigenvalue weighted by molar-refractivity contribution is -0.0725. The highest BCUT2D eigenvalue weighted by Crippen LogP contribution is 2.52. The van der Waals surface area contributed by atoms with Crippen LogP contribution in [0.3, 0.4) is 0 Å². The minimum Gasteiger partial charge on any atom is -0.305 e. The van der Waals surface area contributed by atoms with Gasteiger partial charge in [0.25, 0.3) is 0 Å². The largest absolute Gasteiger partial charge is 0.305 e. The zero-order valence-corrected chi connectivity index (χ0v) is 34.4. The van der Waals surface area contributed by atoms with Crippen LogP contribution in [0.25, 0.3) is 0 Å². The van der Waals surface area contributed by atoms with Crippen LogP contribution in [-0.2, 0) is 0 Å². The molecule has 49 heavy (non-hydrogen) atoms. The zero-order valence-electron chi connectivity index (χ0n) is 34.4. The van der Waals surface area contributed by atoms with Gasteiger partial charge in [-0.15, -0.1) is 0 Å². The van der Waals surface area contributed by atoms with E-state index in [1.807, 2.05) is 0 Å². The predicted octanol–water partition coefficient (Wildman–Crippen LogP) is 7.67. The summed E-state index contributed by atoms with van der Waals surface area (Å²) in [5, 5.41) is 0. The fourth-order valence-corrected chi connectivity index (χ4v) is 12.0. The number of nitrogens with zero attached hydrogens (tertiary/aromatic N) is 6. The van der Waals surface area contributed by atoms with E-state index in [4.69, 9.17) is 0 Å². The zero-order chi connectivity index (χ0) is 35.1. The molecule has 6 fully saturated rings. The molecule has 1 aliphatic carbocycles. The Kier molecular flexibility index (Phi) is 11.7. The molecule has 6 nitrogen and oxygen atoms in total. The Labute approximate surface area is 305 Å².